The van der Waals surface area contributed by atoms with Crippen LogP contribution in [0.15, 0.2) is 12.3 Å². The Morgan fingerprint density at radius 2 is 2.35 bits per heavy atom. The van der Waals surface area contributed by atoms with E-state index in [0.29, 0.717) is 18.9 Å². The molecule has 0 saturated carbocycles. The number of aromatic nitrogens is 1. The summed E-state index contributed by atoms with van der Waals surface area (Å²) in [5, 5.41) is 3.20. The van der Waals surface area contributed by atoms with Gasteiger partial charge in [-0.2, -0.15) is 0 Å². The Kier molecular flexibility index (Phi) is 4.13. The number of pyridine rings is 1. The van der Waals surface area contributed by atoms with Gasteiger partial charge >= 0.3 is 5.97 Å². The Labute approximate surface area is 118 Å². The molecule has 0 fully saturated rings. The van der Waals surface area contributed by atoms with Gasteiger partial charge in [0.2, 0.25) is 5.88 Å². The third-order valence-electron chi connectivity index (χ3n) is 2.73. The van der Waals surface area contributed by atoms with Crippen molar-refractivity contribution >= 4 is 11.7 Å². The molecule has 0 radical (unpaired) electrons. The molecule has 1 aromatic heterocycles. The molecular formula is C14H21N3O3. The van der Waals surface area contributed by atoms with Crippen LogP contribution in [0.3, 0.4) is 0 Å². The van der Waals surface area contributed by atoms with Gasteiger partial charge in [-0.3, -0.25) is 4.79 Å². The number of carbonyl (C=O) groups is 1. The number of fused-ring (bicyclic) bond motifs is 1. The standard InChI is InChI=1S/C14H21N3O3/c1-14(2,3)20-13(18)10(15)6-9-7-11-12(17-8-9)19-5-4-16-11/h7-8,10,16H,4-6,15H2,1-3H3/t10-/m0/s1. The minimum absolute atomic E-state index is 0.386. The Morgan fingerprint density at radius 3 is 3.05 bits per heavy atom. The fourth-order valence-corrected chi connectivity index (χ4v) is 1.90. The SMILES string of the molecule is CC(C)(C)OC(=O)[C@@H](N)Cc1cnc2c(c1)NCCO2. The molecule has 3 N–H and O–H groups in total. The van der Waals surface area contributed by atoms with Crippen molar-refractivity contribution < 1.29 is 14.3 Å². The highest BCUT2D eigenvalue weighted by Gasteiger charge is 2.23. The van der Waals surface area contributed by atoms with Crippen molar-refractivity contribution in [2.75, 3.05) is 18.5 Å². The van der Waals surface area contributed by atoms with E-state index in [9.17, 15) is 4.79 Å². The lowest BCUT2D eigenvalue weighted by Gasteiger charge is -2.22. The van der Waals surface area contributed by atoms with Crippen LogP contribution in [-0.4, -0.2) is 35.7 Å². The zero-order valence-electron chi connectivity index (χ0n) is 12.1. The normalized spacial score (nSPS) is 15.6. The van der Waals surface area contributed by atoms with E-state index in [1.165, 1.54) is 0 Å². The molecule has 110 valence electrons. The molecule has 1 aliphatic heterocycles. The minimum atomic E-state index is -0.696. The van der Waals surface area contributed by atoms with Crippen molar-refractivity contribution in [2.24, 2.45) is 5.73 Å². The first-order valence-corrected chi connectivity index (χ1v) is 6.69. The quantitative estimate of drug-likeness (QED) is 0.806. The number of ether oxygens (including phenoxy) is 2. The molecule has 0 spiro atoms. The largest absolute Gasteiger partial charge is 0.474 e. The molecule has 20 heavy (non-hydrogen) atoms. The van der Waals surface area contributed by atoms with Gasteiger partial charge in [-0.15, -0.1) is 0 Å². The van der Waals surface area contributed by atoms with Gasteiger partial charge < -0.3 is 20.5 Å². The number of nitrogens with one attached hydrogen (secondary N) is 1. The van der Waals surface area contributed by atoms with Gasteiger partial charge in [0, 0.05) is 12.7 Å². The summed E-state index contributed by atoms with van der Waals surface area (Å²) < 4.78 is 10.7. The van der Waals surface area contributed by atoms with Gasteiger partial charge in [0.05, 0.1) is 5.69 Å². The van der Waals surface area contributed by atoms with Crippen molar-refractivity contribution in [1.82, 2.24) is 4.98 Å². The number of nitrogens with zero attached hydrogens (tertiary/aromatic N) is 1. The highest BCUT2D eigenvalue weighted by molar-refractivity contribution is 5.76. The Balaban J connectivity index is 2.01. The summed E-state index contributed by atoms with van der Waals surface area (Å²) in [5.74, 6) is 0.185. The lowest BCUT2D eigenvalue weighted by atomic mass is 10.1. The molecule has 0 amide bonds. The second-order valence-corrected chi connectivity index (χ2v) is 5.82. The summed E-state index contributed by atoms with van der Waals surface area (Å²) in [6.45, 7) is 6.81. The number of nitrogens with two attached hydrogens (primary N) is 1. The molecule has 0 aromatic carbocycles. The van der Waals surface area contributed by atoms with Crippen LogP contribution in [0.4, 0.5) is 5.69 Å². The third kappa shape index (κ3) is 3.84. The molecule has 1 aliphatic rings. The topological polar surface area (TPSA) is 86.5 Å². The zero-order chi connectivity index (χ0) is 14.8. The number of anilines is 1. The number of esters is 1. The number of hydrogen-bond acceptors (Lipinski definition) is 6. The van der Waals surface area contributed by atoms with Crippen LogP contribution in [0.2, 0.25) is 0 Å². The second kappa shape index (κ2) is 5.66. The smallest absolute Gasteiger partial charge is 0.323 e. The third-order valence-corrected chi connectivity index (χ3v) is 2.73. The lowest BCUT2D eigenvalue weighted by Crippen LogP contribution is -2.38. The molecule has 2 heterocycles. The molecule has 1 aromatic rings. The Bertz CT molecular complexity index is 497. The van der Waals surface area contributed by atoms with E-state index in [4.69, 9.17) is 15.2 Å². The number of hydrogen-bond donors (Lipinski definition) is 2. The van der Waals surface area contributed by atoms with E-state index in [2.05, 4.69) is 10.3 Å². The maximum absolute atomic E-state index is 11.8. The second-order valence-electron chi connectivity index (χ2n) is 5.82. The van der Waals surface area contributed by atoms with Crippen molar-refractivity contribution in [2.45, 2.75) is 38.8 Å². The zero-order valence-corrected chi connectivity index (χ0v) is 12.1. The van der Waals surface area contributed by atoms with Crippen molar-refractivity contribution in [3.05, 3.63) is 17.8 Å². The summed E-state index contributed by atoms with van der Waals surface area (Å²) in [7, 11) is 0. The van der Waals surface area contributed by atoms with Crippen LogP contribution in [0.5, 0.6) is 5.88 Å². The number of rotatable bonds is 3. The average Bonchev–Trinajstić information content (AvgIpc) is 2.36. The fraction of sp³-hybridized carbons (Fsp3) is 0.571. The van der Waals surface area contributed by atoms with Gasteiger partial charge in [0.15, 0.2) is 0 Å². The number of carbonyl (C=O) groups excluding carboxylic acids is 1. The lowest BCUT2D eigenvalue weighted by molar-refractivity contribution is -0.156. The molecule has 0 aliphatic carbocycles. The monoisotopic (exact) mass is 279 g/mol. The van der Waals surface area contributed by atoms with E-state index < -0.39 is 17.6 Å². The summed E-state index contributed by atoms with van der Waals surface area (Å²) in [4.78, 5) is 16.1. The molecule has 2 rings (SSSR count). The highest BCUT2D eigenvalue weighted by atomic mass is 16.6. The molecule has 6 heteroatoms. The van der Waals surface area contributed by atoms with Gasteiger partial charge in [0.1, 0.15) is 18.2 Å². The first-order valence-electron chi connectivity index (χ1n) is 6.69. The average molecular weight is 279 g/mol. The van der Waals surface area contributed by atoms with E-state index in [-0.39, 0.29) is 0 Å². The Morgan fingerprint density at radius 1 is 1.60 bits per heavy atom. The van der Waals surface area contributed by atoms with Crippen molar-refractivity contribution in [3.63, 3.8) is 0 Å². The van der Waals surface area contributed by atoms with E-state index in [0.717, 1.165) is 17.8 Å². The maximum atomic E-state index is 11.8. The summed E-state index contributed by atoms with van der Waals surface area (Å²) in [6.07, 6.45) is 2.06. The first-order chi connectivity index (χ1) is 9.35. The Hall–Kier alpha value is -1.82. The van der Waals surface area contributed by atoms with Gasteiger partial charge in [-0.1, -0.05) is 0 Å². The fourth-order valence-electron chi connectivity index (χ4n) is 1.90. The van der Waals surface area contributed by atoms with Crippen LogP contribution in [-0.2, 0) is 16.0 Å². The summed E-state index contributed by atoms with van der Waals surface area (Å²) in [5.41, 5.74) is 7.06. The van der Waals surface area contributed by atoms with E-state index in [1.54, 1.807) is 6.20 Å². The summed E-state index contributed by atoms with van der Waals surface area (Å²) >= 11 is 0. The van der Waals surface area contributed by atoms with Gasteiger partial charge in [-0.25, -0.2) is 4.98 Å². The van der Waals surface area contributed by atoms with Crippen molar-refractivity contribution in [1.29, 1.82) is 0 Å². The molecule has 0 bridgehead atoms. The van der Waals surface area contributed by atoms with Gasteiger partial charge in [0.25, 0.3) is 0 Å². The molecule has 6 nitrogen and oxygen atoms in total. The predicted octanol–water partition coefficient (Wildman–Crippen LogP) is 1.10. The highest BCUT2D eigenvalue weighted by Crippen LogP contribution is 2.25. The molecule has 1 atom stereocenters. The molecular weight excluding hydrogens is 258 g/mol. The maximum Gasteiger partial charge on any atom is 0.323 e. The minimum Gasteiger partial charge on any atom is -0.474 e. The van der Waals surface area contributed by atoms with Crippen LogP contribution in [0.1, 0.15) is 26.3 Å². The first kappa shape index (κ1) is 14.6. The van der Waals surface area contributed by atoms with Crippen LogP contribution >= 0.6 is 0 Å². The molecule has 0 saturated heterocycles. The van der Waals surface area contributed by atoms with Crippen LogP contribution in [0, 0.1) is 0 Å². The van der Waals surface area contributed by atoms with Crippen LogP contribution < -0.4 is 15.8 Å². The van der Waals surface area contributed by atoms with Crippen molar-refractivity contribution in [3.8, 4) is 5.88 Å². The predicted molar refractivity (Wildman–Crippen MR) is 75.7 cm³/mol. The van der Waals surface area contributed by atoms with Gasteiger partial charge in [-0.05, 0) is 38.8 Å². The van der Waals surface area contributed by atoms with Crippen LogP contribution in [0.25, 0.3) is 0 Å². The molecule has 0 unspecified atom stereocenters. The van der Waals surface area contributed by atoms with E-state index >= 15 is 0 Å². The van der Waals surface area contributed by atoms with E-state index in [1.807, 2.05) is 26.8 Å². The summed E-state index contributed by atoms with van der Waals surface area (Å²) in [6, 6.07) is 1.21.